The molecule has 4 rings (SSSR count). The van der Waals surface area contributed by atoms with Crippen LogP contribution in [0.4, 0.5) is 0 Å². The zero-order valence-corrected chi connectivity index (χ0v) is 15.7. The number of benzene rings is 1. The summed E-state index contributed by atoms with van der Waals surface area (Å²) in [4.78, 5) is 1.24. The van der Waals surface area contributed by atoms with Crippen molar-refractivity contribution in [3.63, 3.8) is 0 Å². The molecule has 2 aromatic heterocycles. The molecular weight excluding hydrogens is 372 g/mol. The lowest BCUT2D eigenvalue weighted by atomic mass is 10.2. The van der Waals surface area contributed by atoms with Gasteiger partial charge in [-0.2, -0.15) is 4.31 Å². The van der Waals surface area contributed by atoms with Crippen molar-refractivity contribution in [2.45, 2.75) is 10.8 Å². The van der Waals surface area contributed by atoms with Crippen molar-refractivity contribution >= 4 is 21.4 Å². The largest absolute Gasteiger partial charge is 0.415 e. The first-order valence-corrected chi connectivity index (χ1v) is 10.7. The second kappa shape index (κ2) is 7.28. The van der Waals surface area contributed by atoms with E-state index in [1.54, 1.807) is 21.8 Å². The Labute approximate surface area is 155 Å². The van der Waals surface area contributed by atoms with Crippen molar-refractivity contribution in [2.75, 3.05) is 26.2 Å². The molecule has 1 saturated heterocycles. The molecular formula is C17H19N4O3S2+. The van der Waals surface area contributed by atoms with Crippen molar-refractivity contribution in [3.8, 4) is 11.5 Å². The summed E-state index contributed by atoms with van der Waals surface area (Å²) in [6.07, 6.45) is 0. The van der Waals surface area contributed by atoms with Crippen LogP contribution in [0.5, 0.6) is 0 Å². The predicted molar refractivity (Wildman–Crippen MR) is 97.2 cm³/mol. The predicted octanol–water partition coefficient (Wildman–Crippen LogP) is 0.887. The van der Waals surface area contributed by atoms with Gasteiger partial charge in [-0.05, 0) is 23.6 Å². The number of rotatable bonds is 5. The Hall–Kier alpha value is -2.07. The van der Waals surface area contributed by atoms with Gasteiger partial charge in [0, 0.05) is 5.56 Å². The van der Waals surface area contributed by atoms with Crippen LogP contribution in [0.1, 0.15) is 5.89 Å². The van der Waals surface area contributed by atoms with E-state index in [0.717, 1.165) is 5.56 Å². The molecule has 26 heavy (non-hydrogen) atoms. The van der Waals surface area contributed by atoms with Crippen LogP contribution in [0, 0.1) is 0 Å². The van der Waals surface area contributed by atoms with Crippen LogP contribution >= 0.6 is 11.3 Å². The highest BCUT2D eigenvalue weighted by molar-refractivity contribution is 7.91. The van der Waals surface area contributed by atoms with Crippen molar-refractivity contribution < 1.29 is 17.7 Å². The molecule has 0 amide bonds. The monoisotopic (exact) mass is 391 g/mol. The highest BCUT2D eigenvalue weighted by atomic mass is 32.2. The molecule has 0 saturated carbocycles. The molecule has 1 aromatic carbocycles. The fourth-order valence-corrected chi connectivity index (χ4v) is 5.58. The van der Waals surface area contributed by atoms with Crippen LogP contribution in [0.2, 0.25) is 0 Å². The van der Waals surface area contributed by atoms with E-state index in [2.05, 4.69) is 10.2 Å². The molecule has 1 N–H and O–H groups in total. The van der Waals surface area contributed by atoms with Crippen LogP contribution in [-0.2, 0) is 16.6 Å². The van der Waals surface area contributed by atoms with Gasteiger partial charge in [-0.15, -0.1) is 21.5 Å². The van der Waals surface area contributed by atoms with Crippen LogP contribution in [0.15, 0.2) is 56.5 Å². The van der Waals surface area contributed by atoms with Crippen LogP contribution in [-0.4, -0.2) is 49.1 Å². The van der Waals surface area contributed by atoms with E-state index < -0.39 is 10.0 Å². The summed E-state index contributed by atoms with van der Waals surface area (Å²) in [6, 6.07) is 13.1. The molecule has 0 radical (unpaired) electrons. The van der Waals surface area contributed by atoms with Gasteiger partial charge in [0.2, 0.25) is 5.89 Å². The second-order valence-electron chi connectivity index (χ2n) is 6.13. The Morgan fingerprint density at radius 1 is 1.08 bits per heavy atom. The van der Waals surface area contributed by atoms with E-state index >= 15 is 0 Å². The van der Waals surface area contributed by atoms with E-state index in [-0.39, 0.29) is 0 Å². The highest BCUT2D eigenvalue weighted by Gasteiger charge is 2.31. The first-order chi connectivity index (χ1) is 12.6. The average molecular weight is 391 g/mol. The van der Waals surface area contributed by atoms with E-state index in [9.17, 15) is 8.42 Å². The zero-order valence-electron chi connectivity index (χ0n) is 14.0. The number of hydrogen-bond acceptors (Lipinski definition) is 6. The highest BCUT2D eigenvalue weighted by Crippen LogP contribution is 2.21. The lowest BCUT2D eigenvalue weighted by Gasteiger charge is -2.30. The van der Waals surface area contributed by atoms with Gasteiger partial charge >= 0.3 is 0 Å². The van der Waals surface area contributed by atoms with Crippen LogP contribution in [0.25, 0.3) is 11.5 Å². The number of nitrogens with zero attached hydrogens (tertiary/aromatic N) is 3. The Balaban J connectivity index is 1.37. The van der Waals surface area contributed by atoms with E-state index in [1.807, 2.05) is 30.3 Å². The second-order valence-corrected chi connectivity index (χ2v) is 9.24. The van der Waals surface area contributed by atoms with Gasteiger partial charge in [-0.3, -0.25) is 0 Å². The van der Waals surface area contributed by atoms with Gasteiger partial charge in [0.25, 0.3) is 15.9 Å². The van der Waals surface area contributed by atoms with Gasteiger partial charge in [0.15, 0.2) is 6.54 Å². The molecule has 0 unspecified atom stereocenters. The Morgan fingerprint density at radius 3 is 2.54 bits per heavy atom. The molecule has 1 aliphatic heterocycles. The molecule has 0 aliphatic carbocycles. The maximum Gasteiger partial charge on any atom is 0.271 e. The molecule has 9 heteroatoms. The third kappa shape index (κ3) is 3.56. The number of piperazine rings is 1. The van der Waals surface area contributed by atoms with Gasteiger partial charge < -0.3 is 9.32 Å². The number of aromatic nitrogens is 2. The van der Waals surface area contributed by atoms with E-state index in [0.29, 0.717) is 48.7 Å². The van der Waals surface area contributed by atoms with Crippen LogP contribution < -0.4 is 4.90 Å². The topological polar surface area (TPSA) is 80.7 Å². The first kappa shape index (κ1) is 17.3. The van der Waals surface area contributed by atoms with Gasteiger partial charge in [0.05, 0.1) is 26.2 Å². The molecule has 3 aromatic rings. The minimum atomic E-state index is -3.36. The smallest absolute Gasteiger partial charge is 0.271 e. The molecule has 1 fully saturated rings. The molecule has 3 heterocycles. The normalized spacial score (nSPS) is 16.8. The van der Waals surface area contributed by atoms with Gasteiger partial charge in [0.1, 0.15) is 4.21 Å². The number of hydrogen-bond donors (Lipinski definition) is 1. The average Bonchev–Trinajstić information content (AvgIpc) is 3.35. The summed E-state index contributed by atoms with van der Waals surface area (Å²) >= 11 is 1.26. The van der Waals surface area contributed by atoms with Crippen molar-refractivity contribution in [2.24, 2.45) is 0 Å². The molecule has 1 aliphatic rings. The van der Waals surface area contributed by atoms with Gasteiger partial charge in [-0.1, -0.05) is 24.3 Å². The summed E-state index contributed by atoms with van der Waals surface area (Å²) in [5.74, 6) is 1.09. The minimum Gasteiger partial charge on any atom is -0.415 e. The third-order valence-electron chi connectivity index (χ3n) is 4.41. The fourth-order valence-electron chi connectivity index (χ4n) is 2.99. The van der Waals surface area contributed by atoms with Crippen molar-refractivity contribution in [3.05, 3.63) is 53.7 Å². The molecule has 136 valence electrons. The van der Waals surface area contributed by atoms with E-state index in [1.165, 1.54) is 16.2 Å². The summed E-state index contributed by atoms with van der Waals surface area (Å²) in [5.41, 5.74) is 0.896. The minimum absolute atomic E-state index is 0.408. The van der Waals surface area contributed by atoms with Gasteiger partial charge in [-0.25, -0.2) is 8.42 Å². The summed E-state index contributed by atoms with van der Waals surface area (Å²) in [5, 5.41) is 10.0. The summed E-state index contributed by atoms with van der Waals surface area (Å²) in [7, 11) is -3.36. The number of nitrogens with one attached hydrogen (secondary N) is 1. The number of sulfonamides is 1. The quantitative estimate of drug-likeness (QED) is 0.699. The SMILES string of the molecule is O=S(=O)(c1cccs1)N1CC[NH+](Cc2nnc(-c3ccccc3)o2)CC1. The third-order valence-corrected chi connectivity index (χ3v) is 7.68. The zero-order chi connectivity index (χ0) is 18.0. The summed E-state index contributed by atoms with van der Waals surface area (Å²) < 4.78 is 32.8. The lowest BCUT2D eigenvalue weighted by molar-refractivity contribution is -0.918. The maximum absolute atomic E-state index is 12.6. The summed E-state index contributed by atoms with van der Waals surface area (Å²) in [6.45, 7) is 3.03. The molecule has 7 nitrogen and oxygen atoms in total. The van der Waals surface area contributed by atoms with Crippen molar-refractivity contribution in [1.82, 2.24) is 14.5 Å². The maximum atomic E-state index is 12.6. The number of thiophene rings is 1. The molecule has 0 atom stereocenters. The lowest BCUT2D eigenvalue weighted by Crippen LogP contribution is -3.13. The van der Waals surface area contributed by atoms with Crippen molar-refractivity contribution in [1.29, 1.82) is 0 Å². The fraction of sp³-hybridized carbons (Fsp3) is 0.294. The molecule has 0 bridgehead atoms. The Bertz CT molecular complexity index is 947. The number of quaternary nitrogens is 1. The molecule has 0 spiro atoms. The van der Waals surface area contributed by atoms with E-state index in [4.69, 9.17) is 4.42 Å². The standard InChI is InChI=1S/C17H18N4O3S2/c22-26(23,16-7-4-12-25-16)21-10-8-20(9-11-21)13-15-18-19-17(24-15)14-5-2-1-3-6-14/h1-7,12H,8-11,13H2/p+1. The first-order valence-electron chi connectivity index (χ1n) is 8.38. The Kier molecular flexibility index (Phi) is 4.86. The Morgan fingerprint density at radius 2 is 1.85 bits per heavy atom. The van der Waals surface area contributed by atoms with Crippen LogP contribution in [0.3, 0.4) is 0 Å².